The van der Waals surface area contributed by atoms with E-state index >= 15 is 0 Å². The van der Waals surface area contributed by atoms with Gasteiger partial charge in [-0.05, 0) is 35.7 Å². The molecule has 8 heteroatoms. The number of anilines is 1. The number of hydrogen-bond acceptors (Lipinski definition) is 5. The summed E-state index contributed by atoms with van der Waals surface area (Å²) in [5.74, 6) is -1.61. The number of ether oxygens (including phenoxy) is 1. The van der Waals surface area contributed by atoms with Gasteiger partial charge in [-0.2, -0.15) is 0 Å². The Morgan fingerprint density at radius 3 is 2.55 bits per heavy atom. The van der Waals surface area contributed by atoms with Crippen LogP contribution in [0.1, 0.15) is 18.1 Å². The number of carbonyl (C=O) groups excluding carboxylic acids is 4. The van der Waals surface area contributed by atoms with Crippen molar-refractivity contribution in [1.82, 2.24) is 10.6 Å². The summed E-state index contributed by atoms with van der Waals surface area (Å²) < 4.78 is 4.73. The fourth-order valence-corrected chi connectivity index (χ4v) is 3.71. The van der Waals surface area contributed by atoms with Crippen LogP contribution in [0.4, 0.5) is 10.5 Å². The molecule has 1 unspecified atom stereocenters. The van der Waals surface area contributed by atoms with E-state index in [-0.39, 0.29) is 6.61 Å². The van der Waals surface area contributed by atoms with E-state index in [1.165, 1.54) is 0 Å². The molecule has 4 rings (SSSR count). The minimum Gasteiger partial charge on any atom is -0.463 e. The van der Waals surface area contributed by atoms with Crippen molar-refractivity contribution in [2.24, 2.45) is 0 Å². The van der Waals surface area contributed by atoms with Gasteiger partial charge < -0.3 is 15.4 Å². The van der Waals surface area contributed by atoms with Crippen molar-refractivity contribution >= 4 is 29.5 Å². The zero-order valence-electron chi connectivity index (χ0n) is 15.4. The molecule has 2 aliphatic rings. The Morgan fingerprint density at radius 1 is 1.07 bits per heavy atom. The molecule has 1 aliphatic carbocycles. The zero-order chi connectivity index (χ0) is 20.6. The molecule has 1 atom stereocenters. The molecule has 2 aromatic carbocycles. The molecule has 1 spiro atoms. The first-order valence-corrected chi connectivity index (χ1v) is 8.99. The van der Waals surface area contributed by atoms with E-state index in [1.807, 2.05) is 12.1 Å². The molecule has 29 heavy (non-hydrogen) atoms. The lowest BCUT2D eigenvalue weighted by Gasteiger charge is -2.23. The molecular formula is C21H17N3O5. The summed E-state index contributed by atoms with van der Waals surface area (Å²) in [7, 11) is 0. The van der Waals surface area contributed by atoms with Gasteiger partial charge in [-0.15, -0.1) is 0 Å². The van der Waals surface area contributed by atoms with Crippen molar-refractivity contribution in [2.75, 3.05) is 11.9 Å². The van der Waals surface area contributed by atoms with Gasteiger partial charge in [0.15, 0.2) is 5.54 Å². The first kappa shape index (κ1) is 18.4. The van der Waals surface area contributed by atoms with Gasteiger partial charge in [0.25, 0.3) is 5.91 Å². The van der Waals surface area contributed by atoms with Crippen molar-refractivity contribution < 1.29 is 23.9 Å². The molecule has 1 fully saturated rings. The summed E-state index contributed by atoms with van der Waals surface area (Å²) >= 11 is 0. The Kier molecular flexibility index (Phi) is 4.38. The van der Waals surface area contributed by atoms with Crippen LogP contribution in [0.5, 0.6) is 0 Å². The monoisotopic (exact) mass is 391 g/mol. The number of rotatable bonds is 4. The third kappa shape index (κ3) is 2.94. The molecule has 0 aromatic heterocycles. The van der Waals surface area contributed by atoms with Gasteiger partial charge in [-0.1, -0.05) is 30.3 Å². The van der Waals surface area contributed by atoms with Gasteiger partial charge in [-0.3, -0.25) is 14.9 Å². The van der Waals surface area contributed by atoms with Gasteiger partial charge in [0.2, 0.25) is 5.91 Å². The summed E-state index contributed by atoms with van der Waals surface area (Å²) in [6.45, 7) is 1.88. The second kappa shape index (κ2) is 6.90. The summed E-state index contributed by atoms with van der Waals surface area (Å²) in [4.78, 5) is 48.2. The molecule has 146 valence electrons. The Hall–Kier alpha value is -3.94. The number of carbonyl (C=O) groups is 4. The molecule has 4 amide bonds. The molecule has 1 aliphatic heterocycles. The van der Waals surface area contributed by atoms with E-state index < -0.39 is 29.4 Å². The average molecular weight is 391 g/mol. The lowest BCUT2D eigenvalue weighted by molar-refractivity contribution is -0.137. The topological polar surface area (TPSA) is 114 Å². The number of hydrogen-bond donors (Lipinski definition) is 3. The molecular weight excluding hydrogens is 374 g/mol. The normalized spacial score (nSPS) is 18.9. The Labute approximate surface area is 165 Å². The van der Waals surface area contributed by atoms with Crippen molar-refractivity contribution in [3.8, 4) is 11.1 Å². The predicted molar refractivity (Wildman–Crippen MR) is 104 cm³/mol. The number of urea groups is 1. The number of fused-ring (bicyclic) bond motifs is 5. The summed E-state index contributed by atoms with van der Waals surface area (Å²) in [6.07, 6.45) is 2.11. The first-order valence-electron chi connectivity index (χ1n) is 8.99. The Bertz CT molecular complexity index is 1090. The minimum absolute atomic E-state index is 0.214. The largest absolute Gasteiger partial charge is 0.463 e. The molecule has 1 saturated heterocycles. The van der Waals surface area contributed by atoms with Crippen LogP contribution >= 0.6 is 0 Å². The molecule has 1 heterocycles. The van der Waals surface area contributed by atoms with Crippen LogP contribution in [0, 0.1) is 0 Å². The van der Waals surface area contributed by atoms with E-state index in [1.54, 1.807) is 37.3 Å². The van der Waals surface area contributed by atoms with Crippen molar-refractivity contribution in [3.05, 3.63) is 65.7 Å². The maximum absolute atomic E-state index is 12.8. The number of imide groups is 1. The van der Waals surface area contributed by atoms with Crippen LogP contribution in [0.3, 0.4) is 0 Å². The van der Waals surface area contributed by atoms with Crippen LogP contribution in [-0.4, -0.2) is 30.4 Å². The van der Waals surface area contributed by atoms with Crippen LogP contribution < -0.4 is 16.0 Å². The highest BCUT2D eigenvalue weighted by Crippen LogP contribution is 2.49. The SMILES string of the molecule is CCOC(=O)/C=C/C(=O)Nc1ccc2c(c1)C1(NC(=O)NC1=O)c1ccccc1-2. The summed E-state index contributed by atoms with van der Waals surface area (Å²) in [6, 6.07) is 11.9. The Morgan fingerprint density at radius 2 is 1.83 bits per heavy atom. The van der Waals surface area contributed by atoms with E-state index in [4.69, 9.17) is 4.74 Å². The first-order chi connectivity index (χ1) is 14.0. The van der Waals surface area contributed by atoms with Gasteiger partial charge >= 0.3 is 12.0 Å². The standard InChI is InChI=1S/C21H17N3O5/c1-2-29-18(26)10-9-17(25)22-12-7-8-14-13-5-3-4-6-15(13)21(16(14)11-12)19(27)23-20(28)24-21/h3-11H,2H2,1H3,(H,22,25)(H2,23,24,27,28)/b10-9+. The summed E-state index contributed by atoms with van der Waals surface area (Å²) in [5, 5.41) is 7.69. The number of benzene rings is 2. The lowest BCUT2D eigenvalue weighted by atomic mass is 9.87. The highest BCUT2D eigenvalue weighted by molar-refractivity contribution is 6.13. The Balaban J connectivity index is 1.69. The van der Waals surface area contributed by atoms with E-state index in [0.717, 1.165) is 23.3 Å². The van der Waals surface area contributed by atoms with Crippen LogP contribution in [0.2, 0.25) is 0 Å². The highest BCUT2D eigenvalue weighted by atomic mass is 16.5. The predicted octanol–water partition coefficient (Wildman–Crippen LogP) is 1.81. The molecule has 0 bridgehead atoms. The molecule has 0 saturated carbocycles. The molecule has 2 aromatic rings. The van der Waals surface area contributed by atoms with Crippen LogP contribution in [0.25, 0.3) is 11.1 Å². The minimum atomic E-state index is -1.34. The maximum atomic E-state index is 12.8. The third-order valence-electron chi connectivity index (χ3n) is 4.84. The lowest BCUT2D eigenvalue weighted by Crippen LogP contribution is -2.43. The van der Waals surface area contributed by atoms with E-state index in [0.29, 0.717) is 16.8 Å². The second-order valence-corrected chi connectivity index (χ2v) is 6.54. The van der Waals surface area contributed by atoms with Gasteiger partial charge in [0.1, 0.15) is 0 Å². The summed E-state index contributed by atoms with van der Waals surface area (Å²) in [5.41, 5.74) is 1.93. The van der Waals surface area contributed by atoms with Crippen LogP contribution in [-0.2, 0) is 24.7 Å². The van der Waals surface area contributed by atoms with Crippen molar-refractivity contribution in [2.45, 2.75) is 12.5 Å². The second-order valence-electron chi connectivity index (χ2n) is 6.54. The van der Waals surface area contributed by atoms with Gasteiger partial charge in [0.05, 0.1) is 6.61 Å². The molecule has 0 radical (unpaired) electrons. The average Bonchev–Trinajstić information content (AvgIpc) is 3.15. The maximum Gasteiger partial charge on any atom is 0.330 e. The van der Waals surface area contributed by atoms with Gasteiger partial charge in [0, 0.05) is 23.4 Å². The molecule has 3 N–H and O–H groups in total. The fourth-order valence-electron chi connectivity index (χ4n) is 3.71. The number of amides is 4. The highest BCUT2D eigenvalue weighted by Gasteiger charge is 2.54. The van der Waals surface area contributed by atoms with E-state index in [2.05, 4.69) is 16.0 Å². The fraction of sp³-hybridized carbons (Fsp3) is 0.143. The number of nitrogens with one attached hydrogen (secondary N) is 3. The number of esters is 1. The molecule has 8 nitrogen and oxygen atoms in total. The van der Waals surface area contributed by atoms with Crippen LogP contribution in [0.15, 0.2) is 54.6 Å². The third-order valence-corrected chi connectivity index (χ3v) is 4.84. The zero-order valence-corrected chi connectivity index (χ0v) is 15.4. The van der Waals surface area contributed by atoms with Crippen molar-refractivity contribution in [1.29, 1.82) is 0 Å². The van der Waals surface area contributed by atoms with Crippen molar-refractivity contribution in [3.63, 3.8) is 0 Å². The smallest absolute Gasteiger partial charge is 0.330 e. The van der Waals surface area contributed by atoms with Gasteiger partial charge in [-0.25, -0.2) is 9.59 Å². The quantitative estimate of drug-likeness (QED) is 0.418. The van der Waals surface area contributed by atoms with E-state index in [9.17, 15) is 19.2 Å².